The molecule has 2 amide bonds. The van der Waals surface area contributed by atoms with Gasteiger partial charge < -0.3 is 30.7 Å². The minimum Gasteiger partial charge on any atom is -0.480 e. The van der Waals surface area contributed by atoms with Gasteiger partial charge >= 0.3 is 0 Å². The fourth-order valence-corrected chi connectivity index (χ4v) is 6.61. The first-order valence-electron chi connectivity index (χ1n) is 15.7. The lowest BCUT2D eigenvalue weighted by Crippen LogP contribution is -2.45. The van der Waals surface area contributed by atoms with Gasteiger partial charge in [0.2, 0.25) is 23.6 Å². The maximum Gasteiger partial charge on any atom is 0.237 e. The molecule has 0 aliphatic carbocycles. The molecule has 0 unspecified atom stereocenters. The SMILES string of the molecule is COc1nc(-c2cccc(-c3cccc(-c4cnc(CN5C[C@@H](N)CCC5=O)c(OC)n4)c3Cl)c2Cl)cnc1CNC[C@@H]1CCC(=O)N1. The summed E-state index contributed by atoms with van der Waals surface area (Å²) >= 11 is 14.1. The molecule has 6 rings (SSSR count). The van der Waals surface area contributed by atoms with Gasteiger partial charge in [-0.15, -0.1) is 0 Å². The fourth-order valence-electron chi connectivity index (χ4n) is 5.96. The highest BCUT2D eigenvalue weighted by atomic mass is 35.5. The van der Waals surface area contributed by atoms with Crippen molar-refractivity contribution in [3.8, 4) is 45.4 Å². The van der Waals surface area contributed by atoms with E-state index >= 15 is 0 Å². The number of piperidine rings is 1. The Bertz CT molecular complexity index is 1840. The second-order valence-electron chi connectivity index (χ2n) is 11.8. The van der Waals surface area contributed by atoms with Crippen LogP contribution in [-0.4, -0.2) is 76.0 Å². The van der Waals surface area contributed by atoms with Crippen molar-refractivity contribution in [2.24, 2.45) is 5.73 Å². The molecule has 0 radical (unpaired) electrons. The Hall–Kier alpha value is -4.36. The van der Waals surface area contributed by atoms with Crippen LogP contribution in [0.4, 0.5) is 0 Å². The van der Waals surface area contributed by atoms with Crippen molar-refractivity contribution < 1.29 is 19.1 Å². The molecule has 48 heavy (non-hydrogen) atoms. The molecule has 12 nitrogen and oxygen atoms in total. The predicted octanol–water partition coefficient (Wildman–Crippen LogP) is 4.41. The molecule has 0 bridgehead atoms. The molecule has 4 heterocycles. The van der Waals surface area contributed by atoms with Gasteiger partial charge in [-0.2, -0.15) is 0 Å². The second-order valence-corrected chi connectivity index (χ2v) is 12.5. The van der Waals surface area contributed by atoms with Gasteiger partial charge in [0.25, 0.3) is 0 Å². The van der Waals surface area contributed by atoms with Crippen molar-refractivity contribution in [3.05, 3.63) is 70.2 Å². The van der Waals surface area contributed by atoms with Crippen LogP contribution in [0.3, 0.4) is 0 Å². The van der Waals surface area contributed by atoms with E-state index in [1.165, 1.54) is 7.11 Å². The number of hydrogen-bond donors (Lipinski definition) is 3. The zero-order chi connectivity index (χ0) is 33.8. The summed E-state index contributed by atoms with van der Waals surface area (Å²) in [4.78, 5) is 44.3. The number of carbonyl (C=O) groups is 2. The van der Waals surface area contributed by atoms with Gasteiger partial charge in [-0.25, -0.2) is 9.97 Å². The van der Waals surface area contributed by atoms with Crippen LogP contribution in [0.5, 0.6) is 11.8 Å². The number of hydrogen-bond acceptors (Lipinski definition) is 10. The third-order valence-electron chi connectivity index (χ3n) is 8.49. The number of nitrogens with zero attached hydrogens (tertiary/aromatic N) is 5. The summed E-state index contributed by atoms with van der Waals surface area (Å²) < 4.78 is 11.1. The van der Waals surface area contributed by atoms with E-state index < -0.39 is 0 Å². The summed E-state index contributed by atoms with van der Waals surface area (Å²) in [6, 6.07) is 11.3. The molecule has 2 aliphatic heterocycles. The molecule has 0 spiro atoms. The quantitative estimate of drug-likeness (QED) is 0.206. The first kappa shape index (κ1) is 33.5. The number of benzene rings is 2. The van der Waals surface area contributed by atoms with Gasteiger partial charge in [0, 0.05) is 66.8 Å². The summed E-state index contributed by atoms with van der Waals surface area (Å²) in [6.45, 7) is 1.77. The van der Waals surface area contributed by atoms with Gasteiger partial charge in [0.05, 0.1) is 54.6 Å². The third-order valence-corrected chi connectivity index (χ3v) is 9.31. The first-order chi connectivity index (χ1) is 23.2. The lowest BCUT2D eigenvalue weighted by molar-refractivity contribution is -0.134. The van der Waals surface area contributed by atoms with Gasteiger partial charge in [-0.3, -0.25) is 19.6 Å². The monoisotopic (exact) mass is 690 g/mol. The molecular weight excluding hydrogens is 655 g/mol. The van der Waals surface area contributed by atoms with E-state index in [4.69, 9.17) is 48.4 Å². The number of methoxy groups -OCH3 is 2. The maximum atomic E-state index is 12.5. The molecule has 2 fully saturated rings. The van der Waals surface area contributed by atoms with Crippen LogP contribution in [0.1, 0.15) is 37.1 Å². The maximum absolute atomic E-state index is 12.5. The third kappa shape index (κ3) is 7.21. The number of likely N-dealkylation sites (tertiary alicyclic amines) is 1. The Morgan fingerprint density at radius 2 is 1.46 bits per heavy atom. The summed E-state index contributed by atoms with van der Waals surface area (Å²) in [5, 5.41) is 7.14. The van der Waals surface area contributed by atoms with Crippen molar-refractivity contribution in [2.45, 2.75) is 50.9 Å². The van der Waals surface area contributed by atoms with Crippen LogP contribution in [-0.2, 0) is 22.7 Å². The van der Waals surface area contributed by atoms with Crippen LogP contribution in [0, 0.1) is 0 Å². The fraction of sp³-hybridized carbons (Fsp3) is 0.353. The van der Waals surface area contributed by atoms with Crippen molar-refractivity contribution in [3.63, 3.8) is 0 Å². The molecule has 2 aromatic carbocycles. The van der Waals surface area contributed by atoms with Gasteiger partial charge in [-0.05, 0) is 12.8 Å². The Kier molecular flexibility index (Phi) is 10.4. The lowest BCUT2D eigenvalue weighted by Gasteiger charge is -2.30. The highest BCUT2D eigenvalue weighted by Crippen LogP contribution is 2.42. The summed E-state index contributed by atoms with van der Waals surface area (Å²) in [5.41, 5.74) is 11.0. The largest absolute Gasteiger partial charge is 0.480 e. The van der Waals surface area contributed by atoms with E-state index in [2.05, 4.69) is 20.6 Å². The number of halogens is 2. The molecule has 0 saturated carbocycles. The summed E-state index contributed by atoms with van der Waals surface area (Å²) in [7, 11) is 3.06. The highest BCUT2D eigenvalue weighted by Gasteiger charge is 2.26. The topological polar surface area (TPSA) is 157 Å². The highest BCUT2D eigenvalue weighted by molar-refractivity contribution is 6.39. The van der Waals surface area contributed by atoms with Crippen molar-refractivity contribution in [2.75, 3.05) is 27.3 Å². The lowest BCUT2D eigenvalue weighted by atomic mass is 9.98. The van der Waals surface area contributed by atoms with Crippen LogP contribution in [0.15, 0.2) is 48.8 Å². The Morgan fingerprint density at radius 3 is 2.04 bits per heavy atom. The Morgan fingerprint density at radius 1 is 0.875 bits per heavy atom. The number of rotatable bonds is 11. The zero-order valence-electron chi connectivity index (χ0n) is 26.6. The molecule has 4 aromatic rings. The van der Waals surface area contributed by atoms with Crippen molar-refractivity contribution in [1.82, 2.24) is 35.5 Å². The van der Waals surface area contributed by atoms with Gasteiger partial charge in [0.1, 0.15) is 11.4 Å². The average molecular weight is 692 g/mol. The standard InChI is InChI=1S/C34H36Cl2N8O4/c1-47-33-27(14-38-13-20-10-11-29(45)41-20)39-15-25(42-33)23-7-3-5-21(31(23)35)22-6-4-8-24(32(22)36)26-16-40-28(34(43-26)48-2)18-44-17-19(37)9-12-30(44)46/h3-8,15-16,19-20,38H,9-14,17-18,37H2,1-2H3,(H,41,45)/t19-,20-/m0/s1. The van der Waals surface area contributed by atoms with Crippen LogP contribution in [0.25, 0.3) is 33.6 Å². The predicted molar refractivity (Wildman–Crippen MR) is 183 cm³/mol. The minimum atomic E-state index is -0.0673. The van der Waals surface area contributed by atoms with E-state index in [9.17, 15) is 9.59 Å². The van der Waals surface area contributed by atoms with Crippen LogP contribution >= 0.6 is 23.2 Å². The Balaban J connectivity index is 1.24. The number of nitrogens with one attached hydrogen (secondary N) is 2. The van der Waals surface area contributed by atoms with E-state index in [0.29, 0.717) is 106 Å². The first-order valence-corrected chi connectivity index (χ1v) is 16.4. The van der Waals surface area contributed by atoms with E-state index in [1.54, 1.807) is 24.4 Å². The number of ether oxygens (including phenoxy) is 2. The molecule has 2 atom stereocenters. The molecule has 4 N–H and O–H groups in total. The van der Waals surface area contributed by atoms with Crippen molar-refractivity contribution >= 4 is 35.0 Å². The number of aromatic nitrogens is 4. The molecular formula is C34H36Cl2N8O4. The van der Waals surface area contributed by atoms with Gasteiger partial charge in [-0.1, -0.05) is 59.6 Å². The van der Waals surface area contributed by atoms with E-state index in [0.717, 1.165) is 6.42 Å². The smallest absolute Gasteiger partial charge is 0.237 e. The average Bonchev–Trinajstić information content (AvgIpc) is 3.51. The normalized spacial score (nSPS) is 17.8. The molecule has 14 heteroatoms. The second kappa shape index (κ2) is 14.8. The summed E-state index contributed by atoms with van der Waals surface area (Å²) in [6.07, 6.45) is 5.73. The van der Waals surface area contributed by atoms with E-state index in [-0.39, 0.29) is 30.4 Å². The molecule has 2 saturated heterocycles. The van der Waals surface area contributed by atoms with Crippen LogP contribution in [0.2, 0.25) is 10.0 Å². The summed E-state index contributed by atoms with van der Waals surface area (Å²) in [5.74, 6) is 0.786. The number of amides is 2. The Labute approximate surface area is 288 Å². The number of nitrogens with two attached hydrogens (primary N) is 1. The van der Waals surface area contributed by atoms with Crippen LogP contribution < -0.4 is 25.8 Å². The zero-order valence-corrected chi connectivity index (χ0v) is 28.1. The van der Waals surface area contributed by atoms with Gasteiger partial charge in [0.15, 0.2) is 0 Å². The number of carbonyl (C=O) groups excluding carboxylic acids is 2. The van der Waals surface area contributed by atoms with Crippen molar-refractivity contribution in [1.29, 1.82) is 0 Å². The molecule has 2 aliphatic rings. The minimum absolute atomic E-state index is 0.0313. The van der Waals surface area contributed by atoms with E-state index in [1.807, 2.05) is 36.4 Å². The molecule has 250 valence electrons. The molecule has 2 aromatic heterocycles.